The predicted octanol–water partition coefficient (Wildman–Crippen LogP) is 2.02. The smallest absolute Gasteiger partial charge is 0.0393 e. The summed E-state index contributed by atoms with van der Waals surface area (Å²) < 4.78 is 0. The molecular weight excluding hydrogens is 148 g/mol. The minimum absolute atomic E-state index is 0.850. The summed E-state index contributed by atoms with van der Waals surface area (Å²) in [5, 5.41) is 3.39. The maximum absolute atomic E-state index is 5.69. The molecule has 1 aromatic rings. The van der Waals surface area contributed by atoms with Gasteiger partial charge in [-0.2, -0.15) is 0 Å². The quantitative estimate of drug-likeness (QED) is 0.573. The molecule has 64 valence electrons. The van der Waals surface area contributed by atoms with E-state index < -0.39 is 0 Å². The molecule has 2 nitrogen and oxygen atoms in total. The largest absolute Gasteiger partial charge is 0.399 e. The van der Waals surface area contributed by atoms with Crippen molar-refractivity contribution >= 4 is 11.4 Å². The summed E-state index contributed by atoms with van der Waals surface area (Å²) in [5.41, 5.74) is 9.18. The third-order valence-corrected chi connectivity index (χ3v) is 2.32. The van der Waals surface area contributed by atoms with Gasteiger partial charge in [0, 0.05) is 17.9 Å². The van der Waals surface area contributed by atoms with Crippen molar-refractivity contribution in [1.82, 2.24) is 0 Å². The highest BCUT2D eigenvalue weighted by Crippen LogP contribution is 2.23. The number of rotatable bonds is 0. The summed E-state index contributed by atoms with van der Waals surface area (Å²) in [4.78, 5) is 0. The van der Waals surface area contributed by atoms with Crippen molar-refractivity contribution in [3.05, 3.63) is 23.8 Å². The lowest BCUT2D eigenvalue weighted by molar-refractivity contribution is 0.785. The van der Waals surface area contributed by atoms with Crippen LogP contribution in [0.4, 0.5) is 11.4 Å². The van der Waals surface area contributed by atoms with Crippen molar-refractivity contribution in [2.75, 3.05) is 17.6 Å². The van der Waals surface area contributed by atoms with Crippen molar-refractivity contribution in [1.29, 1.82) is 0 Å². The molecule has 1 aromatic carbocycles. The van der Waals surface area contributed by atoms with Crippen molar-refractivity contribution in [2.45, 2.75) is 19.3 Å². The van der Waals surface area contributed by atoms with Gasteiger partial charge in [0.15, 0.2) is 0 Å². The number of anilines is 2. The Kier molecular flexibility index (Phi) is 1.90. The van der Waals surface area contributed by atoms with Crippen LogP contribution in [0.3, 0.4) is 0 Å². The van der Waals surface area contributed by atoms with Crippen molar-refractivity contribution in [3.63, 3.8) is 0 Å². The highest BCUT2D eigenvalue weighted by Gasteiger charge is 2.05. The summed E-state index contributed by atoms with van der Waals surface area (Å²) in [6.07, 6.45) is 3.72. The van der Waals surface area contributed by atoms with E-state index >= 15 is 0 Å². The lowest BCUT2D eigenvalue weighted by atomic mass is 10.1. The lowest BCUT2D eigenvalue weighted by Gasteiger charge is -2.07. The van der Waals surface area contributed by atoms with Gasteiger partial charge < -0.3 is 11.1 Å². The van der Waals surface area contributed by atoms with Gasteiger partial charge in [0.2, 0.25) is 0 Å². The molecule has 12 heavy (non-hydrogen) atoms. The maximum atomic E-state index is 5.69. The molecule has 0 bridgehead atoms. The molecule has 0 amide bonds. The summed E-state index contributed by atoms with van der Waals surface area (Å²) in [5.74, 6) is 0. The number of benzene rings is 1. The molecule has 0 saturated carbocycles. The van der Waals surface area contributed by atoms with Gasteiger partial charge in [-0.15, -0.1) is 0 Å². The SMILES string of the molecule is Nc1ccc2c(c1)NCCCC2. The minimum atomic E-state index is 0.850. The maximum Gasteiger partial charge on any atom is 0.0393 e. The zero-order valence-corrected chi connectivity index (χ0v) is 7.14. The fourth-order valence-corrected chi connectivity index (χ4v) is 1.64. The molecule has 2 rings (SSSR count). The van der Waals surface area contributed by atoms with Crippen LogP contribution < -0.4 is 11.1 Å². The van der Waals surface area contributed by atoms with Crippen LogP contribution in [0.5, 0.6) is 0 Å². The second-order valence-electron chi connectivity index (χ2n) is 3.30. The number of fused-ring (bicyclic) bond motifs is 1. The van der Waals surface area contributed by atoms with Crippen LogP contribution in [0.2, 0.25) is 0 Å². The first-order valence-corrected chi connectivity index (χ1v) is 4.48. The number of nitrogen functional groups attached to an aromatic ring is 1. The van der Waals surface area contributed by atoms with Crippen molar-refractivity contribution < 1.29 is 0 Å². The molecule has 3 N–H and O–H groups in total. The van der Waals surface area contributed by atoms with Crippen LogP contribution in [0.1, 0.15) is 18.4 Å². The van der Waals surface area contributed by atoms with Crippen molar-refractivity contribution in [2.24, 2.45) is 0 Å². The van der Waals surface area contributed by atoms with E-state index in [1.165, 1.54) is 30.5 Å². The van der Waals surface area contributed by atoms with Gasteiger partial charge in [-0.05, 0) is 37.0 Å². The van der Waals surface area contributed by atoms with E-state index in [4.69, 9.17) is 5.73 Å². The van der Waals surface area contributed by atoms with Gasteiger partial charge >= 0.3 is 0 Å². The molecular formula is C10H14N2. The van der Waals surface area contributed by atoms with E-state index in [1.807, 2.05) is 12.1 Å². The van der Waals surface area contributed by atoms with E-state index in [1.54, 1.807) is 0 Å². The van der Waals surface area contributed by atoms with Crippen LogP contribution in [0, 0.1) is 0 Å². The number of hydrogen-bond donors (Lipinski definition) is 2. The molecule has 0 radical (unpaired) electrons. The molecule has 0 saturated heterocycles. The molecule has 2 heteroatoms. The van der Waals surface area contributed by atoms with Gasteiger partial charge in [-0.1, -0.05) is 6.07 Å². The van der Waals surface area contributed by atoms with Crippen LogP contribution in [0.25, 0.3) is 0 Å². The molecule has 0 atom stereocenters. The second-order valence-corrected chi connectivity index (χ2v) is 3.30. The Hall–Kier alpha value is -1.18. The lowest BCUT2D eigenvalue weighted by Crippen LogP contribution is -2.00. The molecule has 0 aliphatic carbocycles. The van der Waals surface area contributed by atoms with E-state index in [2.05, 4.69) is 11.4 Å². The van der Waals surface area contributed by atoms with Crippen LogP contribution in [0.15, 0.2) is 18.2 Å². The molecule has 0 aromatic heterocycles. The second kappa shape index (κ2) is 3.05. The Bertz CT molecular complexity index is 281. The van der Waals surface area contributed by atoms with Gasteiger partial charge in [0.1, 0.15) is 0 Å². The number of aryl methyl sites for hydroxylation is 1. The van der Waals surface area contributed by atoms with E-state index in [0.29, 0.717) is 0 Å². The normalized spacial score (nSPS) is 16.0. The summed E-state index contributed by atoms with van der Waals surface area (Å²) in [6, 6.07) is 6.13. The Morgan fingerprint density at radius 2 is 2.17 bits per heavy atom. The monoisotopic (exact) mass is 162 g/mol. The van der Waals surface area contributed by atoms with Crippen LogP contribution in [-0.2, 0) is 6.42 Å². The summed E-state index contributed by atoms with van der Waals surface area (Å²) in [7, 11) is 0. The molecule has 0 fully saturated rings. The standard InChI is InChI=1S/C10H14N2/c11-9-5-4-8-3-1-2-6-12-10(8)7-9/h4-5,7,12H,1-3,6,11H2. The Morgan fingerprint density at radius 1 is 1.25 bits per heavy atom. The highest BCUT2D eigenvalue weighted by atomic mass is 14.9. The van der Waals surface area contributed by atoms with Crippen molar-refractivity contribution in [3.8, 4) is 0 Å². The number of hydrogen-bond acceptors (Lipinski definition) is 2. The summed E-state index contributed by atoms with van der Waals surface area (Å²) in [6.45, 7) is 1.08. The minimum Gasteiger partial charge on any atom is -0.399 e. The predicted molar refractivity (Wildman–Crippen MR) is 52.3 cm³/mol. The van der Waals surface area contributed by atoms with E-state index in [0.717, 1.165) is 12.2 Å². The van der Waals surface area contributed by atoms with Gasteiger partial charge in [0.05, 0.1) is 0 Å². The van der Waals surface area contributed by atoms with Gasteiger partial charge in [-0.25, -0.2) is 0 Å². The topological polar surface area (TPSA) is 38.0 Å². The summed E-state index contributed by atoms with van der Waals surface area (Å²) >= 11 is 0. The number of nitrogens with one attached hydrogen (secondary N) is 1. The zero-order valence-electron chi connectivity index (χ0n) is 7.14. The van der Waals surface area contributed by atoms with Gasteiger partial charge in [0.25, 0.3) is 0 Å². The third-order valence-electron chi connectivity index (χ3n) is 2.32. The first kappa shape index (κ1) is 7.47. The third kappa shape index (κ3) is 1.37. The van der Waals surface area contributed by atoms with E-state index in [9.17, 15) is 0 Å². The Labute approximate surface area is 72.8 Å². The Balaban J connectivity index is 2.36. The van der Waals surface area contributed by atoms with Crippen LogP contribution >= 0.6 is 0 Å². The molecule has 0 unspecified atom stereocenters. The zero-order chi connectivity index (χ0) is 8.39. The average Bonchev–Trinajstić information content (AvgIpc) is 2.28. The first-order chi connectivity index (χ1) is 5.86. The highest BCUT2D eigenvalue weighted by molar-refractivity contribution is 5.60. The fraction of sp³-hybridized carbons (Fsp3) is 0.400. The van der Waals surface area contributed by atoms with Gasteiger partial charge in [-0.3, -0.25) is 0 Å². The molecule has 0 spiro atoms. The Morgan fingerprint density at radius 3 is 3.08 bits per heavy atom. The molecule has 1 aliphatic heterocycles. The van der Waals surface area contributed by atoms with E-state index in [-0.39, 0.29) is 0 Å². The fourth-order valence-electron chi connectivity index (χ4n) is 1.64. The van der Waals surface area contributed by atoms with Crippen LogP contribution in [-0.4, -0.2) is 6.54 Å². The first-order valence-electron chi connectivity index (χ1n) is 4.48. The molecule has 1 heterocycles. The number of nitrogens with two attached hydrogens (primary N) is 1. The molecule has 1 aliphatic rings. The average molecular weight is 162 g/mol.